The molecule has 1 aromatic heterocycles. The third-order valence-electron chi connectivity index (χ3n) is 4.22. The Morgan fingerprint density at radius 3 is 2.75 bits per heavy atom. The maximum absolute atomic E-state index is 12.9. The predicted molar refractivity (Wildman–Crippen MR) is 97.1 cm³/mol. The van der Waals surface area contributed by atoms with E-state index in [0.29, 0.717) is 6.54 Å². The van der Waals surface area contributed by atoms with Crippen LogP contribution in [0.2, 0.25) is 0 Å². The highest BCUT2D eigenvalue weighted by Gasteiger charge is 2.34. The molecule has 0 radical (unpaired) electrons. The lowest BCUT2D eigenvalue weighted by atomic mass is 10.2. The van der Waals surface area contributed by atoms with E-state index in [1.54, 1.807) is 11.3 Å². The third-order valence-corrected chi connectivity index (χ3v) is 5.31. The predicted octanol–water partition coefficient (Wildman–Crippen LogP) is 4.18. The van der Waals surface area contributed by atoms with Gasteiger partial charge >= 0.3 is 6.03 Å². The molecule has 3 aromatic rings. The van der Waals surface area contributed by atoms with Gasteiger partial charge in [-0.15, -0.1) is 0 Å². The Hall–Kier alpha value is -2.66. The number of rotatable bonds is 1. The summed E-state index contributed by atoms with van der Waals surface area (Å²) in [5.74, 6) is 0.263. The Bertz CT molecular complexity index is 875. The zero-order chi connectivity index (χ0) is 16.5. The summed E-state index contributed by atoms with van der Waals surface area (Å²) in [5.41, 5.74) is 2.78. The summed E-state index contributed by atoms with van der Waals surface area (Å²) >= 11 is 1.73. The maximum atomic E-state index is 12.9. The minimum Gasteiger partial charge on any atom is -0.308 e. The Kier molecular flexibility index (Phi) is 3.78. The molecule has 5 heteroatoms. The minimum absolute atomic E-state index is 0.101. The highest BCUT2D eigenvalue weighted by atomic mass is 32.1. The summed E-state index contributed by atoms with van der Waals surface area (Å²) in [6, 6.07) is 17.5. The smallest absolute Gasteiger partial charge is 0.308 e. The average Bonchev–Trinajstić information content (AvgIpc) is 3.06. The van der Waals surface area contributed by atoms with Gasteiger partial charge in [-0.1, -0.05) is 41.7 Å². The number of fused-ring (bicyclic) bond motifs is 3. The monoisotopic (exact) mass is 336 g/mol. The first-order chi connectivity index (χ1) is 11.7. The number of hydrogen-bond acceptors (Lipinski definition) is 2. The average molecular weight is 336 g/mol. The molecular formula is C19H18N3OS+. The molecule has 120 valence electrons. The second-order valence-electron chi connectivity index (χ2n) is 5.91. The summed E-state index contributed by atoms with van der Waals surface area (Å²) in [6.07, 6.45) is 2.08. The molecule has 0 bridgehead atoms. The zero-order valence-electron chi connectivity index (χ0n) is 13.3. The van der Waals surface area contributed by atoms with Gasteiger partial charge in [-0.3, -0.25) is 4.90 Å². The number of urea groups is 1. The van der Waals surface area contributed by atoms with Crippen LogP contribution in [-0.4, -0.2) is 12.6 Å². The lowest BCUT2D eigenvalue weighted by Crippen LogP contribution is -2.37. The molecule has 2 aromatic carbocycles. The summed E-state index contributed by atoms with van der Waals surface area (Å²) in [4.78, 5) is 14.8. The second kappa shape index (κ2) is 6.09. The van der Waals surface area contributed by atoms with E-state index < -0.39 is 0 Å². The first kappa shape index (κ1) is 14.9. The number of carbonyl (C=O) groups excluding carboxylic acids is 1. The van der Waals surface area contributed by atoms with Crippen LogP contribution in [0.25, 0.3) is 5.69 Å². The van der Waals surface area contributed by atoms with Crippen LogP contribution in [0.15, 0.2) is 66.2 Å². The van der Waals surface area contributed by atoms with E-state index in [0.717, 1.165) is 17.1 Å². The summed E-state index contributed by atoms with van der Waals surface area (Å²) in [6.45, 7) is 2.81. The van der Waals surface area contributed by atoms with E-state index in [1.165, 1.54) is 5.01 Å². The molecule has 0 saturated heterocycles. The number of benzene rings is 2. The quantitative estimate of drug-likeness (QED) is 0.665. The SMILES string of the molecule is C[C@H]1CN(C(=O)Nc2ccccc2)c2ccccc2-[n+]2ccsc21. The minimum atomic E-state index is -0.101. The number of anilines is 2. The van der Waals surface area contributed by atoms with Crippen LogP contribution in [0.3, 0.4) is 0 Å². The Labute approximate surface area is 145 Å². The molecule has 24 heavy (non-hydrogen) atoms. The molecule has 0 spiro atoms. The molecule has 1 aliphatic rings. The number of aromatic nitrogens is 1. The molecule has 0 aliphatic carbocycles. The first-order valence-electron chi connectivity index (χ1n) is 7.96. The lowest BCUT2D eigenvalue weighted by Gasteiger charge is -2.22. The number of carbonyl (C=O) groups is 1. The molecular weight excluding hydrogens is 318 g/mol. The van der Waals surface area contributed by atoms with Gasteiger partial charge in [0.15, 0.2) is 6.20 Å². The van der Waals surface area contributed by atoms with Crippen molar-refractivity contribution in [3.63, 3.8) is 0 Å². The Balaban J connectivity index is 1.74. The maximum Gasteiger partial charge on any atom is 0.326 e. The van der Waals surface area contributed by atoms with Crippen molar-refractivity contribution in [3.05, 3.63) is 71.2 Å². The lowest BCUT2D eigenvalue weighted by molar-refractivity contribution is -0.598. The van der Waals surface area contributed by atoms with Crippen LogP contribution in [0.4, 0.5) is 16.2 Å². The number of nitrogens with one attached hydrogen (secondary N) is 1. The third kappa shape index (κ3) is 2.57. The fraction of sp³-hybridized carbons (Fsp3) is 0.158. The summed E-state index contributed by atoms with van der Waals surface area (Å²) in [7, 11) is 0. The van der Waals surface area contributed by atoms with Gasteiger partial charge in [-0.05, 0) is 25.1 Å². The van der Waals surface area contributed by atoms with Crippen molar-refractivity contribution >= 4 is 28.7 Å². The largest absolute Gasteiger partial charge is 0.326 e. The summed E-state index contributed by atoms with van der Waals surface area (Å²) in [5, 5.41) is 6.36. The molecule has 1 aliphatic heterocycles. The normalized spacial score (nSPS) is 16.0. The standard InChI is InChI=1S/C19H17N3OS/c1-14-13-22(19(23)20-15-7-3-2-4-8-15)17-10-6-5-9-16(17)21-11-12-24-18(14)21/h2-12,14H,13H2,1H3/p+1/t14-/m0/s1. The Morgan fingerprint density at radius 2 is 1.92 bits per heavy atom. The van der Waals surface area contributed by atoms with Crippen LogP contribution in [0, 0.1) is 0 Å². The van der Waals surface area contributed by atoms with E-state index in [2.05, 4.69) is 34.5 Å². The second-order valence-corrected chi connectivity index (χ2v) is 6.83. The van der Waals surface area contributed by atoms with Gasteiger partial charge in [0.05, 0.1) is 11.3 Å². The molecule has 0 saturated carbocycles. The van der Waals surface area contributed by atoms with E-state index in [1.807, 2.05) is 53.4 Å². The van der Waals surface area contributed by atoms with Crippen LogP contribution in [-0.2, 0) is 0 Å². The zero-order valence-corrected chi connectivity index (χ0v) is 14.2. The van der Waals surface area contributed by atoms with Gasteiger partial charge in [0.2, 0.25) is 10.7 Å². The van der Waals surface area contributed by atoms with Crippen molar-refractivity contribution in [2.75, 3.05) is 16.8 Å². The molecule has 1 atom stereocenters. The van der Waals surface area contributed by atoms with E-state index in [9.17, 15) is 4.79 Å². The van der Waals surface area contributed by atoms with Crippen molar-refractivity contribution in [2.24, 2.45) is 0 Å². The highest BCUT2D eigenvalue weighted by molar-refractivity contribution is 7.09. The van der Waals surface area contributed by atoms with Crippen LogP contribution >= 0.6 is 11.3 Å². The van der Waals surface area contributed by atoms with Gasteiger partial charge in [-0.2, -0.15) is 4.57 Å². The van der Waals surface area contributed by atoms with E-state index in [-0.39, 0.29) is 11.9 Å². The van der Waals surface area contributed by atoms with Crippen LogP contribution in [0.1, 0.15) is 17.8 Å². The van der Waals surface area contributed by atoms with Crippen LogP contribution in [0.5, 0.6) is 0 Å². The number of amides is 2. The molecule has 2 amide bonds. The Morgan fingerprint density at radius 1 is 1.17 bits per heavy atom. The van der Waals surface area contributed by atoms with Crippen LogP contribution < -0.4 is 14.8 Å². The van der Waals surface area contributed by atoms with E-state index in [4.69, 9.17) is 0 Å². The first-order valence-corrected chi connectivity index (χ1v) is 8.84. The molecule has 1 N–H and O–H groups in total. The van der Waals surface area contributed by atoms with Crippen molar-refractivity contribution in [2.45, 2.75) is 12.8 Å². The molecule has 4 nitrogen and oxygen atoms in total. The molecule has 0 unspecified atom stereocenters. The van der Waals surface area contributed by atoms with Gasteiger partial charge in [0.1, 0.15) is 5.69 Å². The fourth-order valence-corrected chi connectivity index (χ4v) is 4.00. The van der Waals surface area contributed by atoms with Gasteiger partial charge in [-0.25, -0.2) is 4.79 Å². The van der Waals surface area contributed by atoms with E-state index >= 15 is 0 Å². The number of thiazole rings is 1. The molecule has 4 rings (SSSR count). The van der Waals surface area contributed by atoms with Crippen molar-refractivity contribution in [1.29, 1.82) is 0 Å². The van der Waals surface area contributed by atoms with Crippen molar-refractivity contribution < 1.29 is 9.36 Å². The topological polar surface area (TPSA) is 36.2 Å². The number of nitrogens with zero attached hydrogens (tertiary/aromatic N) is 2. The summed E-state index contributed by atoms with van der Waals surface area (Å²) < 4.78 is 2.19. The fourth-order valence-electron chi connectivity index (χ4n) is 3.10. The molecule has 0 fully saturated rings. The highest BCUT2D eigenvalue weighted by Crippen LogP contribution is 2.31. The van der Waals surface area contributed by atoms with Gasteiger partial charge in [0, 0.05) is 18.3 Å². The van der Waals surface area contributed by atoms with Gasteiger partial charge in [0.25, 0.3) is 0 Å². The molecule has 2 heterocycles. The number of hydrogen-bond donors (Lipinski definition) is 1. The van der Waals surface area contributed by atoms with Crippen molar-refractivity contribution in [1.82, 2.24) is 0 Å². The number of para-hydroxylation sites is 3. The van der Waals surface area contributed by atoms with Crippen molar-refractivity contribution in [3.8, 4) is 5.69 Å². The van der Waals surface area contributed by atoms with Gasteiger partial charge < -0.3 is 5.32 Å².